The van der Waals surface area contributed by atoms with E-state index in [0.717, 1.165) is 11.1 Å². The molecule has 0 spiro atoms. The molecule has 33 heavy (non-hydrogen) atoms. The van der Waals surface area contributed by atoms with Crippen molar-refractivity contribution >= 4 is 21.6 Å². The van der Waals surface area contributed by atoms with Gasteiger partial charge < -0.3 is 10.6 Å². The molecule has 6 nitrogen and oxygen atoms in total. The first-order chi connectivity index (χ1) is 15.6. The minimum atomic E-state index is -3.83. The SMILES string of the molecule is CC(C)NS(=O)(=O)c1cc(NCc2ccc(F)cc2)cc(C(=O)N[C@@H](C)c2ccccc2)c1. The summed E-state index contributed by atoms with van der Waals surface area (Å²) in [5.74, 6) is -0.726. The van der Waals surface area contributed by atoms with Crippen molar-refractivity contribution < 1.29 is 17.6 Å². The summed E-state index contributed by atoms with van der Waals surface area (Å²) in [6, 6.07) is 19.4. The third-order valence-corrected chi connectivity index (χ3v) is 6.56. The van der Waals surface area contributed by atoms with Crippen molar-refractivity contribution in [1.29, 1.82) is 0 Å². The van der Waals surface area contributed by atoms with Gasteiger partial charge in [-0.25, -0.2) is 17.5 Å². The van der Waals surface area contributed by atoms with Gasteiger partial charge in [0, 0.05) is 23.8 Å². The fourth-order valence-corrected chi connectivity index (χ4v) is 4.60. The van der Waals surface area contributed by atoms with Crippen LogP contribution in [0.3, 0.4) is 0 Å². The average molecular weight is 470 g/mol. The molecule has 3 aromatic rings. The number of amides is 1. The van der Waals surface area contributed by atoms with Crippen LogP contribution < -0.4 is 15.4 Å². The molecule has 1 atom stereocenters. The van der Waals surface area contributed by atoms with E-state index in [0.29, 0.717) is 12.2 Å². The van der Waals surface area contributed by atoms with Crippen LogP contribution in [0.5, 0.6) is 0 Å². The Morgan fingerprint density at radius 3 is 2.24 bits per heavy atom. The quantitative estimate of drug-likeness (QED) is 0.427. The van der Waals surface area contributed by atoms with Gasteiger partial charge in [-0.15, -0.1) is 0 Å². The predicted molar refractivity (Wildman–Crippen MR) is 128 cm³/mol. The highest BCUT2D eigenvalue weighted by Gasteiger charge is 2.20. The molecule has 0 bridgehead atoms. The predicted octanol–water partition coefficient (Wildman–Crippen LogP) is 4.62. The van der Waals surface area contributed by atoms with Crippen LogP contribution in [0.2, 0.25) is 0 Å². The number of hydrogen-bond acceptors (Lipinski definition) is 4. The highest BCUT2D eigenvalue weighted by Crippen LogP contribution is 2.22. The number of nitrogens with one attached hydrogen (secondary N) is 3. The first kappa shape index (κ1) is 24.4. The van der Waals surface area contributed by atoms with E-state index in [9.17, 15) is 17.6 Å². The molecule has 0 aliphatic carbocycles. The maximum Gasteiger partial charge on any atom is 0.251 e. The number of hydrogen-bond donors (Lipinski definition) is 3. The molecular weight excluding hydrogens is 441 g/mol. The van der Waals surface area contributed by atoms with E-state index in [4.69, 9.17) is 0 Å². The van der Waals surface area contributed by atoms with Crippen molar-refractivity contribution in [2.75, 3.05) is 5.32 Å². The van der Waals surface area contributed by atoms with Crippen molar-refractivity contribution in [3.8, 4) is 0 Å². The van der Waals surface area contributed by atoms with Gasteiger partial charge in [0.1, 0.15) is 5.82 Å². The molecular formula is C25H28FN3O3S. The first-order valence-electron chi connectivity index (χ1n) is 10.7. The summed E-state index contributed by atoms with van der Waals surface area (Å²) in [6.07, 6.45) is 0. The van der Waals surface area contributed by atoms with Gasteiger partial charge in [0.15, 0.2) is 0 Å². The van der Waals surface area contributed by atoms with Crippen molar-refractivity contribution in [2.45, 2.75) is 44.3 Å². The smallest absolute Gasteiger partial charge is 0.251 e. The Bertz CT molecular complexity index is 1200. The van der Waals surface area contributed by atoms with Crippen molar-refractivity contribution in [3.05, 3.63) is 95.3 Å². The second-order valence-electron chi connectivity index (χ2n) is 8.11. The Balaban J connectivity index is 1.89. The van der Waals surface area contributed by atoms with Crippen LogP contribution in [0.15, 0.2) is 77.7 Å². The third kappa shape index (κ3) is 6.87. The molecule has 0 aliphatic rings. The fourth-order valence-electron chi connectivity index (χ4n) is 3.28. The fraction of sp³-hybridized carbons (Fsp3) is 0.240. The number of carbonyl (C=O) groups excluding carboxylic acids is 1. The van der Waals surface area contributed by atoms with E-state index in [1.54, 1.807) is 32.0 Å². The molecule has 3 aromatic carbocycles. The molecule has 8 heteroatoms. The minimum absolute atomic E-state index is 0.0159. The van der Waals surface area contributed by atoms with Crippen LogP contribution in [0, 0.1) is 5.82 Å². The summed E-state index contributed by atoms with van der Waals surface area (Å²) in [4.78, 5) is 13.0. The maximum atomic E-state index is 13.2. The van der Waals surface area contributed by atoms with Crippen LogP contribution in [0.25, 0.3) is 0 Å². The van der Waals surface area contributed by atoms with Gasteiger partial charge in [-0.1, -0.05) is 42.5 Å². The van der Waals surface area contributed by atoms with E-state index < -0.39 is 15.9 Å². The van der Waals surface area contributed by atoms with Crippen LogP contribution in [-0.2, 0) is 16.6 Å². The summed E-state index contributed by atoms with van der Waals surface area (Å²) in [6.45, 7) is 5.65. The van der Waals surface area contributed by atoms with E-state index in [2.05, 4.69) is 15.4 Å². The van der Waals surface area contributed by atoms with Crippen molar-refractivity contribution in [3.63, 3.8) is 0 Å². The summed E-state index contributed by atoms with van der Waals surface area (Å²) in [7, 11) is -3.83. The topological polar surface area (TPSA) is 87.3 Å². The van der Waals surface area contributed by atoms with Gasteiger partial charge in [0.2, 0.25) is 10.0 Å². The molecule has 0 aromatic heterocycles. The summed E-state index contributed by atoms with van der Waals surface area (Å²) in [5.41, 5.74) is 2.42. The monoisotopic (exact) mass is 469 g/mol. The zero-order chi connectivity index (χ0) is 24.0. The lowest BCUT2D eigenvalue weighted by Crippen LogP contribution is -2.31. The van der Waals surface area contributed by atoms with E-state index in [1.165, 1.54) is 24.3 Å². The number of rotatable bonds is 9. The second-order valence-corrected chi connectivity index (χ2v) is 9.82. The molecule has 0 radical (unpaired) electrons. The van der Waals surface area contributed by atoms with Crippen LogP contribution in [0.1, 0.15) is 48.3 Å². The molecule has 1 amide bonds. The molecule has 0 unspecified atom stereocenters. The lowest BCUT2D eigenvalue weighted by molar-refractivity contribution is 0.0939. The van der Waals surface area contributed by atoms with Crippen molar-refractivity contribution in [2.24, 2.45) is 0 Å². The van der Waals surface area contributed by atoms with Gasteiger partial charge in [-0.3, -0.25) is 4.79 Å². The largest absolute Gasteiger partial charge is 0.381 e. The molecule has 0 saturated carbocycles. The zero-order valence-electron chi connectivity index (χ0n) is 18.8. The molecule has 0 aliphatic heterocycles. The normalized spacial score (nSPS) is 12.4. The summed E-state index contributed by atoms with van der Waals surface area (Å²) >= 11 is 0. The van der Waals surface area contributed by atoms with Crippen LogP contribution >= 0.6 is 0 Å². The minimum Gasteiger partial charge on any atom is -0.381 e. The first-order valence-corrected chi connectivity index (χ1v) is 12.1. The maximum absolute atomic E-state index is 13.2. The van der Waals surface area contributed by atoms with Gasteiger partial charge in [-0.2, -0.15) is 0 Å². The van der Waals surface area contributed by atoms with Gasteiger partial charge in [0.25, 0.3) is 5.91 Å². The molecule has 3 N–H and O–H groups in total. The second kappa shape index (κ2) is 10.6. The van der Waals surface area contributed by atoms with Gasteiger partial charge >= 0.3 is 0 Å². The average Bonchev–Trinajstić information content (AvgIpc) is 2.78. The Kier molecular flexibility index (Phi) is 7.84. The molecule has 0 heterocycles. The number of halogens is 1. The lowest BCUT2D eigenvalue weighted by Gasteiger charge is -2.17. The molecule has 0 saturated heterocycles. The number of benzene rings is 3. The molecule has 174 valence electrons. The standard InChI is InChI=1S/C25H28FN3O3S/c1-17(2)29-33(31,32)24-14-21(25(30)28-18(3)20-7-5-4-6-8-20)13-23(15-24)27-16-19-9-11-22(26)12-10-19/h4-15,17-18,27,29H,16H2,1-3H3,(H,28,30)/t18-/m0/s1. The number of sulfonamides is 1. The van der Waals surface area contributed by atoms with Gasteiger partial charge in [0.05, 0.1) is 10.9 Å². The highest BCUT2D eigenvalue weighted by atomic mass is 32.2. The van der Waals surface area contributed by atoms with E-state index in [1.807, 2.05) is 37.3 Å². The Labute approximate surface area is 194 Å². The third-order valence-electron chi connectivity index (χ3n) is 4.93. The summed E-state index contributed by atoms with van der Waals surface area (Å²) < 4.78 is 41.3. The van der Waals surface area contributed by atoms with Gasteiger partial charge in [-0.05, 0) is 62.2 Å². The Hall–Kier alpha value is -3.23. The molecule has 0 fully saturated rings. The lowest BCUT2D eigenvalue weighted by atomic mass is 10.1. The van der Waals surface area contributed by atoms with Crippen LogP contribution in [0.4, 0.5) is 10.1 Å². The summed E-state index contributed by atoms with van der Waals surface area (Å²) in [5, 5.41) is 6.05. The van der Waals surface area contributed by atoms with E-state index >= 15 is 0 Å². The highest BCUT2D eigenvalue weighted by molar-refractivity contribution is 7.89. The van der Waals surface area contributed by atoms with E-state index in [-0.39, 0.29) is 28.4 Å². The van der Waals surface area contributed by atoms with Crippen LogP contribution in [-0.4, -0.2) is 20.4 Å². The Morgan fingerprint density at radius 1 is 0.939 bits per heavy atom. The Morgan fingerprint density at radius 2 is 1.61 bits per heavy atom. The molecule has 3 rings (SSSR count). The number of carbonyl (C=O) groups is 1. The van der Waals surface area contributed by atoms with Crippen molar-refractivity contribution in [1.82, 2.24) is 10.0 Å². The number of anilines is 1. The zero-order valence-corrected chi connectivity index (χ0v) is 19.6.